The topological polar surface area (TPSA) is 32.3 Å². The Kier molecular flexibility index (Phi) is 7.55. The summed E-state index contributed by atoms with van der Waals surface area (Å²) in [5, 5.41) is 3.10. The average molecular weight is 359 g/mol. The first-order valence-corrected chi connectivity index (χ1v) is 10.6. The molecule has 1 aliphatic rings. The quantitative estimate of drug-likeness (QED) is 0.500. The molecule has 3 heteroatoms. The van der Waals surface area contributed by atoms with Gasteiger partial charge in [-0.15, -0.1) is 0 Å². The molecule has 1 amide bonds. The van der Waals surface area contributed by atoms with Crippen molar-refractivity contribution < 1.29 is 4.79 Å². The minimum atomic E-state index is 0.137. The third-order valence-electron chi connectivity index (χ3n) is 6.06. The summed E-state index contributed by atoms with van der Waals surface area (Å²) in [5.41, 5.74) is 3.80. The number of rotatable bonds is 10. The molecule has 0 saturated heterocycles. The van der Waals surface area contributed by atoms with Crippen molar-refractivity contribution in [3.8, 4) is 0 Å². The van der Waals surface area contributed by atoms with Gasteiger partial charge in [0, 0.05) is 35.8 Å². The molecular formula is C23H38N2O. The van der Waals surface area contributed by atoms with Gasteiger partial charge in [0.25, 0.3) is 0 Å². The van der Waals surface area contributed by atoms with Gasteiger partial charge in [-0.1, -0.05) is 65.9 Å². The number of hydrogen-bond acceptors (Lipinski definition) is 2. The molecule has 1 aromatic rings. The summed E-state index contributed by atoms with van der Waals surface area (Å²) in [4.78, 5) is 14.7. The van der Waals surface area contributed by atoms with Gasteiger partial charge in [0.2, 0.25) is 5.91 Å². The summed E-state index contributed by atoms with van der Waals surface area (Å²) in [5.74, 6) is 0.137. The van der Waals surface area contributed by atoms with E-state index in [1.807, 2.05) is 0 Å². The van der Waals surface area contributed by atoms with Crippen LogP contribution in [0.3, 0.4) is 0 Å². The number of unbranched alkanes of at least 4 members (excludes halogenated alkanes) is 5. The number of benzene rings is 1. The van der Waals surface area contributed by atoms with Crippen molar-refractivity contribution in [3.05, 3.63) is 23.8 Å². The molecular weight excluding hydrogens is 320 g/mol. The van der Waals surface area contributed by atoms with Crippen molar-refractivity contribution >= 4 is 17.3 Å². The lowest BCUT2D eigenvalue weighted by Crippen LogP contribution is -2.39. The average Bonchev–Trinajstić information content (AvgIpc) is 2.79. The molecule has 1 N–H and O–H groups in total. The lowest BCUT2D eigenvalue weighted by atomic mass is 9.81. The van der Waals surface area contributed by atoms with Crippen LogP contribution in [0.5, 0.6) is 0 Å². The van der Waals surface area contributed by atoms with Crippen LogP contribution in [-0.4, -0.2) is 18.5 Å². The van der Waals surface area contributed by atoms with E-state index in [1.165, 1.54) is 36.9 Å². The molecule has 1 aliphatic heterocycles. The highest BCUT2D eigenvalue weighted by molar-refractivity contribution is 5.91. The second-order valence-corrected chi connectivity index (χ2v) is 8.39. The largest absolute Gasteiger partial charge is 0.368 e. The summed E-state index contributed by atoms with van der Waals surface area (Å²) < 4.78 is 0. The lowest BCUT2D eigenvalue weighted by Gasteiger charge is -2.31. The molecule has 0 fully saturated rings. The Bertz CT molecular complexity index is 594. The van der Waals surface area contributed by atoms with Gasteiger partial charge in [0.15, 0.2) is 0 Å². The van der Waals surface area contributed by atoms with Crippen molar-refractivity contribution in [1.82, 2.24) is 0 Å². The predicted molar refractivity (Wildman–Crippen MR) is 113 cm³/mol. The molecule has 1 aromatic carbocycles. The van der Waals surface area contributed by atoms with Crippen molar-refractivity contribution in [2.75, 3.05) is 16.8 Å². The molecule has 2 rings (SSSR count). The van der Waals surface area contributed by atoms with Gasteiger partial charge in [-0.05, 0) is 37.5 Å². The van der Waals surface area contributed by atoms with Crippen molar-refractivity contribution in [1.29, 1.82) is 0 Å². The van der Waals surface area contributed by atoms with E-state index in [0.717, 1.165) is 31.5 Å². The molecule has 26 heavy (non-hydrogen) atoms. The van der Waals surface area contributed by atoms with Crippen LogP contribution in [0.1, 0.15) is 91.5 Å². The van der Waals surface area contributed by atoms with E-state index in [4.69, 9.17) is 0 Å². The van der Waals surface area contributed by atoms with Crippen LogP contribution in [0.2, 0.25) is 0 Å². The SMILES string of the molecule is CCCCCCN1c2cc(NC(=O)CCCCC)ccc2C(C)(C)C1C. The monoisotopic (exact) mass is 358 g/mol. The standard InChI is InChI=1S/C23H38N2O/c1-6-8-10-12-16-25-18(3)23(4,5)20-15-14-19(17-21(20)25)24-22(26)13-11-9-7-2/h14-15,17-18H,6-13,16H2,1-5H3,(H,24,26). The maximum atomic E-state index is 12.2. The molecule has 0 radical (unpaired) electrons. The number of nitrogens with one attached hydrogen (secondary N) is 1. The third kappa shape index (κ3) is 4.81. The zero-order valence-electron chi connectivity index (χ0n) is 17.5. The number of anilines is 2. The summed E-state index contributed by atoms with van der Waals surface area (Å²) in [6, 6.07) is 6.97. The summed E-state index contributed by atoms with van der Waals surface area (Å²) in [6.07, 6.45) is 8.97. The highest BCUT2D eigenvalue weighted by Gasteiger charge is 2.41. The molecule has 3 nitrogen and oxygen atoms in total. The third-order valence-corrected chi connectivity index (χ3v) is 6.06. The van der Waals surface area contributed by atoms with E-state index in [0.29, 0.717) is 12.5 Å². The van der Waals surface area contributed by atoms with E-state index in [9.17, 15) is 4.79 Å². The second-order valence-electron chi connectivity index (χ2n) is 8.39. The van der Waals surface area contributed by atoms with Crippen LogP contribution >= 0.6 is 0 Å². The normalized spacial score (nSPS) is 18.0. The molecule has 0 saturated carbocycles. The first-order valence-electron chi connectivity index (χ1n) is 10.6. The van der Waals surface area contributed by atoms with Crippen LogP contribution in [0.25, 0.3) is 0 Å². The van der Waals surface area contributed by atoms with Crippen molar-refractivity contribution in [2.24, 2.45) is 0 Å². The summed E-state index contributed by atoms with van der Waals surface area (Å²) >= 11 is 0. The second kappa shape index (κ2) is 9.43. The van der Waals surface area contributed by atoms with Crippen LogP contribution < -0.4 is 10.2 Å². The molecule has 0 bridgehead atoms. The molecule has 0 aliphatic carbocycles. The minimum Gasteiger partial charge on any atom is -0.368 e. The minimum absolute atomic E-state index is 0.137. The van der Waals surface area contributed by atoms with E-state index in [2.05, 4.69) is 63.0 Å². The van der Waals surface area contributed by atoms with Crippen molar-refractivity contribution in [3.63, 3.8) is 0 Å². The number of nitrogens with zero attached hydrogens (tertiary/aromatic N) is 1. The van der Waals surface area contributed by atoms with Crippen LogP contribution in [0.4, 0.5) is 11.4 Å². The molecule has 1 atom stereocenters. The fourth-order valence-corrected chi connectivity index (χ4v) is 4.00. The highest BCUT2D eigenvalue weighted by Crippen LogP contribution is 2.46. The van der Waals surface area contributed by atoms with Gasteiger partial charge in [-0.2, -0.15) is 0 Å². The van der Waals surface area contributed by atoms with E-state index in [1.54, 1.807) is 0 Å². The van der Waals surface area contributed by atoms with Crippen LogP contribution in [0.15, 0.2) is 18.2 Å². The van der Waals surface area contributed by atoms with Gasteiger partial charge in [0.1, 0.15) is 0 Å². The Balaban J connectivity index is 2.10. The Labute approximate surface area is 160 Å². The zero-order valence-corrected chi connectivity index (χ0v) is 17.5. The first kappa shape index (κ1) is 20.8. The molecule has 146 valence electrons. The maximum absolute atomic E-state index is 12.2. The van der Waals surface area contributed by atoms with Gasteiger partial charge in [-0.25, -0.2) is 0 Å². The lowest BCUT2D eigenvalue weighted by molar-refractivity contribution is -0.116. The van der Waals surface area contributed by atoms with Crippen molar-refractivity contribution in [2.45, 2.75) is 97.4 Å². The van der Waals surface area contributed by atoms with E-state index in [-0.39, 0.29) is 11.3 Å². The van der Waals surface area contributed by atoms with Crippen LogP contribution in [0, 0.1) is 0 Å². The Morgan fingerprint density at radius 3 is 2.46 bits per heavy atom. The number of fused-ring (bicyclic) bond motifs is 1. The number of carbonyl (C=O) groups is 1. The van der Waals surface area contributed by atoms with Gasteiger partial charge >= 0.3 is 0 Å². The summed E-state index contributed by atoms with van der Waals surface area (Å²) in [7, 11) is 0. The maximum Gasteiger partial charge on any atom is 0.224 e. The highest BCUT2D eigenvalue weighted by atomic mass is 16.1. The molecule has 0 spiro atoms. The van der Waals surface area contributed by atoms with Gasteiger partial charge in [-0.3, -0.25) is 4.79 Å². The van der Waals surface area contributed by atoms with E-state index >= 15 is 0 Å². The number of amides is 1. The van der Waals surface area contributed by atoms with Gasteiger partial charge in [0.05, 0.1) is 0 Å². The smallest absolute Gasteiger partial charge is 0.224 e. The predicted octanol–water partition coefficient (Wildman–Crippen LogP) is 6.27. The Morgan fingerprint density at radius 2 is 1.77 bits per heavy atom. The summed E-state index contributed by atoms with van der Waals surface area (Å²) in [6.45, 7) is 12.5. The zero-order chi connectivity index (χ0) is 19.2. The number of hydrogen-bond donors (Lipinski definition) is 1. The fourth-order valence-electron chi connectivity index (χ4n) is 4.00. The number of carbonyl (C=O) groups excluding carboxylic acids is 1. The molecule has 1 heterocycles. The first-order chi connectivity index (χ1) is 12.4. The Hall–Kier alpha value is -1.51. The van der Waals surface area contributed by atoms with E-state index < -0.39 is 0 Å². The Morgan fingerprint density at radius 1 is 1.08 bits per heavy atom. The fraction of sp³-hybridized carbons (Fsp3) is 0.696. The molecule has 0 aromatic heterocycles. The van der Waals surface area contributed by atoms with Crippen LogP contribution in [-0.2, 0) is 10.2 Å². The molecule has 1 unspecified atom stereocenters. The van der Waals surface area contributed by atoms with Gasteiger partial charge < -0.3 is 10.2 Å².